The molecule has 0 spiro atoms. The lowest BCUT2D eigenvalue weighted by molar-refractivity contribution is 0.0311. The maximum absolute atomic E-state index is 10.1. The Morgan fingerprint density at radius 2 is 1.43 bits per heavy atom. The summed E-state index contributed by atoms with van der Waals surface area (Å²) in [5.41, 5.74) is 0. The molecule has 0 heterocycles. The van der Waals surface area contributed by atoms with Gasteiger partial charge in [0.2, 0.25) is 0 Å². The highest BCUT2D eigenvalue weighted by Crippen LogP contribution is 2.25. The molecule has 0 radical (unpaired) electrons. The number of hydrogen-bond acceptors (Lipinski definition) is 2. The van der Waals surface area contributed by atoms with E-state index in [0.717, 1.165) is 32.1 Å². The summed E-state index contributed by atoms with van der Waals surface area (Å²) in [4.78, 5) is 0. The van der Waals surface area contributed by atoms with E-state index in [1.165, 1.54) is 0 Å². The van der Waals surface area contributed by atoms with Gasteiger partial charge in [0, 0.05) is 6.61 Å². The quantitative estimate of drug-likeness (QED) is 0.635. The average molecular weight is 202 g/mol. The Labute approximate surface area is 88.3 Å². The van der Waals surface area contributed by atoms with Crippen LogP contribution in [0, 0.1) is 11.8 Å². The normalized spacial score (nSPS) is 17.8. The molecule has 0 fully saturated rings. The largest absolute Gasteiger partial charge is 0.396 e. The highest BCUT2D eigenvalue weighted by atomic mass is 16.3. The van der Waals surface area contributed by atoms with Crippen molar-refractivity contribution in [2.45, 2.75) is 59.0 Å². The predicted octanol–water partition coefficient (Wildman–Crippen LogP) is 2.58. The third-order valence-corrected chi connectivity index (χ3v) is 3.17. The first-order valence-electron chi connectivity index (χ1n) is 6.00. The lowest BCUT2D eigenvalue weighted by Crippen LogP contribution is -2.29. The van der Waals surface area contributed by atoms with Crippen molar-refractivity contribution in [3.63, 3.8) is 0 Å². The van der Waals surface area contributed by atoms with E-state index in [2.05, 4.69) is 20.8 Å². The zero-order chi connectivity index (χ0) is 11.0. The van der Waals surface area contributed by atoms with E-state index in [4.69, 9.17) is 5.11 Å². The summed E-state index contributed by atoms with van der Waals surface area (Å²) in [6.45, 7) is 6.57. The average Bonchev–Trinajstić information content (AvgIpc) is 2.21. The van der Waals surface area contributed by atoms with Gasteiger partial charge in [0.1, 0.15) is 0 Å². The van der Waals surface area contributed by atoms with Gasteiger partial charge in [-0.25, -0.2) is 0 Å². The summed E-state index contributed by atoms with van der Waals surface area (Å²) in [6.07, 6.45) is 4.73. The molecule has 0 aromatic carbocycles. The van der Waals surface area contributed by atoms with E-state index in [1.54, 1.807) is 0 Å². The first kappa shape index (κ1) is 13.9. The zero-order valence-corrected chi connectivity index (χ0v) is 9.87. The molecule has 14 heavy (non-hydrogen) atoms. The van der Waals surface area contributed by atoms with E-state index < -0.39 is 0 Å². The van der Waals surface area contributed by atoms with Crippen LogP contribution in [0.3, 0.4) is 0 Å². The van der Waals surface area contributed by atoms with Crippen LogP contribution < -0.4 is 0 Å². The molecule has 0 saturated heterocycles. The Balaban J connectivity index is 4.13. The Morgan fingerprint density at radius 1 is 0.929 bits per heavy atom. The monoisotopic (exact) mass is 202 g/mol. The molecular weight excluding hydrogens is 176 g/mol. The van der Waals surface area contributed by atoms with Crippen molar-refractivity contribution in [3.05, 3.63) is 0 Å². The summed E-state index contributed by atoms with van der Waals surface area (Å²) in [7, 11) is 0. The van der Waals surface area contributed by atoms with Gasteiger partial charge in [0.15, 0.2) is 0 Å². The lowest BCUT2D eigenvalue weighted by Gasteiger charge is -2.28. The van der Waals surface area contributed by atoms with Gasteiger partial charge in [-0.2, -0.15) is 0 Å². The summed E-state index contributed by atoms with van der Waals surface area (Å²) in [6, 6.07) is 0. The van der Waals surface area contributed by atoms with Crippen molar-refractivity contribution in [2.75, 3.05) is 6.61 Å². The van der Waals surface area contributed by atoms with Crippen molar-refractivity contribution in [3.8, 4) is 0 Å². The van der Waals surface area contributed by atoms with Crippen molar-refractivity contribution >= 4 is 0 Å². The van der Waals surface area contributed by atoms with Gasteiger partial charge in [-0.05, 0) is 24.7 Å². The van der Waals surface area contributed by atoms with Crippen LogP contribution in [0.1, 0.15) is 52.9 Å². The molecule has 0 aliphatic carbocycles. The smallest absolute Gasteiger partial charge is 0.0597 e. The van der Waals surface area contributed by atoms with Gasteiger partial charge in [0.25, 0.3) is 0 Å². The zero-order valence-electron chi connectivity index (χ0n) is 9.87. The minimum atomic E-state index is -0.225. The van der Waals surface area contributed by atoms with Crippen molar-refractivity contribution in [1.82, 2.24) is 0 Å². The number of aliphatic hydroxyl groups excluding tert-OH is 2. The van der Waals surface area contributed by atoms with Crippen LogP contribution in [0.25, 0.3) is 0 Å². The molecule has 2 N–H and O–H groups in total. The SMILES string of the molecule is CCCC(CC)C(O)C(CC)CCO. The van der Waals surface area contributed by atoms with Crippen LogP contribution in [0.5, 0.6) is 0 Å². The molecule has 0 bridgehead atoms. The highest BCUT2D eigenvalue weighted by Gasteiger charge is 2.24. The summed E-state index contributed by atoms with van der Waals surface area (Å²) >= 11 is 0. The first-order chi connectivity index (χ1) is 6.71. The standard InChI is InChI=1S/C12H26O2/c1-4-7-10(5-2)12(14)11(6-3)8-9-13/h10-14H,4-9H2,1-3H3. The molecule has 3 atom stereocenters. The van der Waals surface area contributed by atoms with Crippen LogP contribution in [-0.4, -0.2) is 22.9 Å². The number of hydrogen-bond donors (Lipinski definition) is 2. The molecule has 0 amide bonds. The molecule has 0 saturated carbocycles. The van der Waals surface area contributed by atoms with Gasteiger partial charge in [-0.15, -0.1) is 0 Å². The van der Waals surface area contributed by atoms with Gasteiger partial charge in [-0.3, -0.25) is 0 Å². The van der Waals surface area contributed by atoms with Crippen molar-refractivity contribution in [2.24, 2.45) is 11.8 Å². The van der Waals surface area contributed by atoms with E-state index in [9.17, 15) is 5.11 Å². The van der Waals surface area contributed by atoms with E-state index in [0.29, 0.717) is 5.92 Å². The second-order valence-electron chi connectivity index (χ2n) is 4.13. The molecule has 2 heteroatoms. The fourth-order valence-electron chi connectivity index (χ4n) is 2.15. The van der Waals surface area contributed by atoms with Gasteiger partial charge in [0.05, 0.1) is 6.10 Å². The van der Waals surface area contributed by atoms with Gasteiger partial charge in [-0.1, -0.05) is 40.0 Å². The fourth-order valence-corrected chi connectivity index (χ4v) is 2.15. The second-order valence-corrected chi connectivity index (χ2v) is 4.13. The fraction of sp³-hybridized carbons (Fsp3) is 1.00. The number of aliphatic hydroxyl groups is 2. The number of rotatable bonds is 8. The van der Waals surface area contributed by atoms with Crippen LogP contribution in [0.4, 0.5) is 0 Å². The minimum absolute atomic E-state index is 0.193. The van der Waals surface area contributed by atoms with Crippen LogP contribution in [0.15, 0.2) is 0 Å². The third kappa shape index (κ3) is 4.43. The van der Waals surface area contributed by atoms with Crippen molar-refractivity contribution < 1.29 is 10.2 Å². The molecule has 0 aliphatic heterocycles. The highest BCUT2D eigenvalue weighted by molar-refractivity contribution is 4.74. The first-order valence-corrected chi connectivity index (χ1v) is 6.00. The van der Waals surface area contributed by atoms with Crippen LogP contribution in [0.2, 0.25) is 0 Å². The summed E-state index contributed by atoms with van der Waals surface area (Å²) < 4.78 is 0. The van der Waals surface area contributed by atoms with Gasteiger partial charge >= 0.3 is 0 Å². The molecule has 0 aromatic rings. The van der Waals surface area contributed by atoms with E-state index in [1.807, 2.05) is 0 Å². The molecule has 3 unspecified atom stereocenters. The Bertz CT molecular complexity index is 111. The van der Waals surface area contributed by atoms with Crippen LogP contribution in [-0.2, 0) is 0 Å². The Morgan fingerprint density at radius 3 is 1.79 bits per heavy atom. The van der Waals surface area contributed by atoms with E-state index >= 15 is 0 Å². The maximum Gasteiger partial charge on any atom is 0.0597 e. The summed E-state index contributed by atoms with van der Waals surface area (Å²) in [5.74, 6) is 0.688. The summed E-state index contributed by atoms with van der Waals surface area (Å²) in [5, 5.41) is 19.0. The van der Waals surface area contributed by atoms with E-state index in [-0.39, 0.29) is 18.6 Å². The molecule has 2 nitrogen and oxygen atoms in total. The Hall–Kier alpha value is -0.0800. The molecule has 0 aliphatic rings. The Kier molecular flexibility index (Phi) is 8.20. The topological polar surface area (TPSA) is 40.5 Å². The third-order valence-electron chi connectivity index (χ3n) is 3.17. The molecule has 0 rings (SSSR count). The minimum Gasteiger partial charge on any atom is -0.396 e. The molecule has 0 aromatic heterocycles. The molecule has 86 valence electrons. The maximum atomic E-state index is 10.1. The van der Waals surface area contributed by atoms with Gasteiger partial charge < -0.3 is 10.2 Å². The predicted molar refractivity (Wildman–Crippen MR) is 60.2 cm³/mol. The van der Waals surface area contributed by atoms with Crippen LogP contribution >= 0.6 is 0 Å². The lowest BCUT2D eigenvalue weighted by atomic mass is 9.83. The molecular formula is C12H26O2. The second kappa shape index (κ2) is 8.25. The van der Waals surface area contributed by atoms with Crippen molar-refractivity contribution in [1.29, 1.82) is 0 Å².